The molecule has 134 valence electrons. The van der Waals surface area contributed by atoms with Gasteiger partial charge in [0.15, 0.2) is 0 Å². The molecule has 2 aromatic rings. The van der Waals surface area contributed by atoms with E-state index in [0.29, 0.717) is 29.4 Å². The van der Waals surface area contributed by atoms with E-state index in [0.717, 1.165) is 16.7 Å². The van der Waals surface area contributed by atoms with Gasteiger partial charge >= 0.3 is 0 Å². The highest BCUT2D eigenvalue weighted by Crippen LogP contribution is 2.36. The van der Waals surface area contributed by atoms with E-state index in [2.05, 4.69) is 0 Å². The normalized spacial score (nSPS) is 15.8. The van der Waals surface area contributed by atoms with Crippen LogP contribution in [0.25, 0.3) is 17.4 Å². The Balaban J connectivity index is 1.95. The Labute approximate surface area is 152 Å². The molecular formula is C17H14N2O6S. The number of rotatable bonds is 5. The van der Waals surface area contributed by atoms with Gasteiger partial charge in [0.25, 0.3) is 16.8 Å². The fourth-order valence-electron chi connectivity index (χ4n) is 2.48. The number of carbonyl (C=O) groups is 2. The summed E-state index contributed by atoms with van der Waals surface area (Å²) in [6, 6.07) is 7.42. The van der Waals surface area contributed by atoms with Crippen LogP contribution in [0, 0.1) is 10.1 Å². The standard InChI is InChI=1S/C17H14N2O6S/c1-3-18-16(20)15(26-17(18)21)9-11-5-7-14(25-11)12-8-10(19(22)23)4-6-13(12)24-2/h4-9H,3H2,1-2H3. The second kappa shape index (κ2) is 7.04. The van der Waals surface area contributed by atoms with Gasteiger partial charge in [0, 0.05) is 24.8 Å². The number of benzene rings is 1. The van der Waals surface area contributed by atoms with Gasteiger partial charge in [0.05, 0.1) is 22.5 Å². The maximum absolute atomic E-state index is 12.1. The van der Waals surface area contributed by atoms with Crippen LogP contribution >= 0.6 is 11.8 Å². The van der Waals surface area contributed by atoms with E-state index in [1.165, 1.54) is 31.4 Å². The summed E-state index contributed by atoms with van der Waals surface area (Å²) < 4.78 is 10.9. The van der Waals surface area contributed by atoms with Gasteiger partial charge in [-0.1, -0.05) is 0 Å². The predicted molar refractivity (Wildman–Crippen MR) is 95.7 cm³/mol. The quantitative estimate of drug-likeness (QED) is 0.444. The highest BCUT2D eigenvalue weighted by molar-refractivity contribution is 8.18. The molecule has 1 aromatic carbocycles. The highest BCUT2D eigenvalue weighted by atomic mass is 32.2. The van der Waals surface area contributed by atoms with E-state index in [1.807, 2.05) is 0 Å². The number of methoxy groups -OCH3 is 1. The second-order valence-corrected chi connectivity index (χ2v) is 6.26. The summed E-state index contributed by atoms with van der Waals surface area (Å²) in [5, 5.41) is 10.7. The molecule has 0 radical (unpaired) electrons. The Hall–Kier alpha value is -3.07. The number of amides is 2. The molecule has 0 aliphatic carbocycles. The lowest BCUT2D eigenvalue weighted by Crippen LogP contribution is -2.27. The minimum atomic E-state index is -0.506. The highest BCUT2D eigenvalue weighted by Gasteiger charge is 2.34. The first kappa shape index (κ1) is 17.7. The largest absolute Gasteiger partial charge is 0.496 e. The topological polar surface area (TPSA) is 103 Å². The number of imide groups is 1. The molecule has 3 rings (SSSR count). The monoisotopic (exact) mass is 374 g/mol. The van der Waals surface area contributed by atoms with Crippen LogP contribution in [-0.4, -0.2) is 34.6 Å². The van der Waals surface area contributed by atoms with Crippen LogP contribution in [0.5, 0.6) is 5.75 Å². The number of thioether (sulfide) groups is 1. The molecule has 2 amide bonds. The fourth-order valence-corrected chi connectivity index (χ4v) is 3.36. The number of ether oxygens (including phenoxy) is 1. The molecule has 0 unspecified atom stereocenters. The minimum absolute atomic E-state index is 0.0946. The van der Waals surface area contributed by atoms with E-state index < -0.39 is 4.92 Å². The van der Waals surface area contributed by atoms with Crippen molar-refractivity contribution in [2.24, 2.45) is 0 Å². The molecule has 1 aromatic heterocycles. The maximum atomic E-state index is 12.1. The Bertz CT molecular complexity index is 933. The number of nitrogens with zero attached hydrogens (tertiary/aromatic N) is 2. The zero-order valence-corrected chi connectivity index (χ0v) is 14.7. The van der Waals surface area contributed by atoms with Crippen molar-refractivity contribution in [1.29, 1.82) is 0 Å². The Morgan fingerprint density at radius 2 is 2.08 bits per heavy atom. The van der Waals surface area contributed by atoms with Crippen LogP contribution in [-0.2, 0) is 4.79 Å². The number of non-ortho nitro benzene ring substituents is 1. The van der Waals surface area contributed by atoms with Gasteiger partial charge in [0.1, 0.15) is 17.3 Å². The lowest BCUT2D eigenvalue weighted by atomic mass is 10.1. The van der Waals surface area contributed by atoms with E-state index in [-0.39, 0.29) is 21.7 Å². The van der Waals surface area contributed by atoms with Crippen molar-refractivity contribution >= 4 is 34.7 Å². The van der Waals surface area contributed by atoms with Crippen LogP contribution in [0.3, 0.4) is 0 Å². The molecule has 8 nitrogen and oxygen atoms in total. The molecule has 9 heteroatoms. The Morgan fingerprint density at radius 3 is 2.69 bits per heavy atom. The SMILES string of the molecule is CCN1C(=O)SC(=Cc2ccc(-c3cc([N+](=O)[O-])ccc3OC)o2)C1=O. The zero-order valence-electron chi connectivity index (χ0n) is 13.9. The molecule has 1 fully saturated rings. The van der Waals surface area contributed by atoms with Crippen LogP contribution in [0.4, 0.5) is 10.5 Å². The summed E-state index contributed by atoms with van der Waals surface area (Å²) in [6.45, 7) is 2.02. The Kier molecular flexibility index (Phi) is 4.81. The lowest BCUT2D eigenvalue weighted by Gasteiger charge is -2.06. The smallest absolute Gasteiger partial charge is 0.293 e. The molecule has 1 saturated heterocycles. The van der Waals surface area contributed by atoms with Gasteiger partial charge in [-0.3, -0.25) is 24.6 Å². The third-order valence-corrected chi connectivity index (χ3v) is 4.66. The average molecular weight is 374 g/mol. The first-order valence-corrected chi connectivity index (χ1v) is 8.44. The number of nitro groups is 1. The second-order valence-electron chi connectivity index (χ2n) is 5.27. The molecule has 2 heterocycles. The third kappa shape index (κ3) is 3.21. The molecule has 0 bridgehead atoms. The van der Waals surface area contributed by atoms with Gasteiger partial charge in [-0.05, 0) is 36.9 Å². The van der Waals surface area contributed by atoms with Gasteiger partial charge in [-0.15, -0.1) is 0 Å². The molecule has 0 N–H and O–H groups in total. The molecular weight excluding hydrogens is 360 g/mol. The summed E-state index contributed by atoms with van der Waals surface area (Å²) in [7, 11) is 1.45. The van der Waals surface area contributed by atoms with Crippen molar-refractivity contribution in [1.82, 2.24) is 4.90 Å². The molecule has 26 heavy (non-hydrogen) atoms. The third-order valence-electron chi connectivity index (χ3n) is 3.75. The van der Waals surface area contributed by atoms with Crippen molar-refractivity contribution < 1.29 is 23.7 Å². The summed E-state index contributed by atoms with van der Waals surface area (Å²) >= 11 is 0.845. The van der Waals surface area contributed by atoms with Crippen molar-refractivity contribution in [3.63, 3.8) is 0 Å². The summed E-state index contributed by atoms with van der Waals surface area (Å²) in [4.78, 5) is 35.8. The van der Waals surface area contributed by atoms with Gasteiger partial charge in [-0.2, -0.15) is 0 Å². The Morgan fingerprint density at radius 1 is 1.31 bits per heavy atom. The number of hydrogen-bond donors (Lipinski definition) is 0. The molecule has 0 atom stereocenters. The van der Waals surface area contributed by atoms with Gasteiger partial charge in [-0.25, -0.2) is 0 Å². The first-order valence-electron chi connectivity index (χ1n) is 7.62. The average Bonchev–Trinajstić information content (AvgIpc) is 3.19. The van der Waals surface area contributed by atoms with Crippen LogP contribution < -0.4 is 4.74 Å². The minimum Gasteiger partial charge on any atom is -0.496 e. The van der Waals surface area contributed by atoms with Crippen molar-refractivity contribution in [3.8, 4) is 17.1 Å². The van der Waals surface area contributed by atoms with Gasteiger partial charge in [0.2, 0.25) is 0 Å². The number of hydrogen-bond acceptors (Lipinski definition) is 7. The number of likely N-dealkylation sites (N-methyl/N-ethyl adjacent to an activating group) is 1. The van der Waals surface area contributed by atoms with E-state index in [9.17, 15) is 19.7 Å². The van der Waals surface area contributed by atoms with Crippen molar-refractivity contribution in [3.05, 3.63) is 51.1 Å². The zero-order chi connectivity index (χ0) is 18.8. The maximum Gasteiger partial charge on any atom is 0.293 e. The van der Waals surface area contributed by atoms with E-state index >= 15 is 0 Å². The van der Waals surface area contributed by atoms with Crippen molar-refractivity contribution in [2.75, 3.05) is 13.7 Å². The first-order chi connectivity index (χ1) is 12.4. The lowest BCUT2D eigenvalue weighted by molar-refractivity contribution is -0.384. The summed E-state index contributed by atoms with van der Waals surface area (Å²) in [5.41, 5.74) is 0.325. The van der Waals surface area contributed by atoms with Gasteiger partial charge < -0.3 is 9.15 Å². The van der Waals surface area contributed by atoms with E-state index in [1.54, 1.807) is 19.1 Å². The van der Waals surface area contributed by atoms with Crippen LogP contribution in [0.2, 0.25) is 0 Å². The molecule has 1 aliphatic rings. The van der Waals surface area contributed by atoms with Crippen LogP contribution in [0.15, 0.2) is 39.7 Å². The number of furan rings is 1. The summed E-state index contributed by atoms with van der Waals surface area (Å²) in [5.74, 6) is 0.762. The molecule has 0 saturated carbocycles. The predicted octanol–water partition coefficient (Wildman–Crippen LogP) is 3.92. The summed E-state index contributed by atoms with van der Waals surface area (Å²) in [6.07, 6.45) is 1.48. The fraction of sp³-hybridized carbons (Fsp3) is 0.176. The molecule has 1 aliphatic heterocycles. The number of carbonyl (C=O) groups excluding carboxylic acids is 2. The van der Waals surface area contributed by atoms with Crippen molar-refractivity contribution in [2.45, 2.75) is 6.92 Å². The number of nitro benzene ring substituents is 1. The van der Waals surface area contributed by atoms with Crippen LogP contribution in [0.1, 0.15) is 12.7 Å². The molecule has 0 spiro atoms. The van der Waals surface area contributed by atoms with E-state index in [4.69, 9.17) is 9.15 Å².